The van der Waals surface area contributed by atoms with Crippen molar-refractivity contribution >= 4 is 18.4 Å². The second-order valence-electron chi connectivity index (χ2n) is 8.87. The first-order valence-electron chi connectivity index (χ1n) is 9.64. The van der Waals surface area contributed by atoms with Crippen molar-refractivity contribution in [3.63, 3.8) is 0 Å². The number of rotatable bonds is 3. The molecule has 0 amide bonds. The minimum Gasteiger partial charge on any atom is -0.399 e. The van der Waals surface area contributed by atoms with Gasteiger partial charge in [0.1, 0.15) is 5.82 Å². The van der Waals surface area contributed by atoms with Crippen molar-refractivity contribution in [1.29, 1.82) is 0 Å². The molecule has 27 heavy (non-hydrogen) atoms. The molecule has 0 aromatic carbocycles. The molecule has 0 bridgehead atoms. The molecule has 0 saturated carbocycles. The van der Waals surface area contributed by atoms with Gasteiger partial charge in [0.2, 0.25) is 0 Å². The molecule has 3 fully saturated rings. The fourth-order valence-corrected chi connectivity index (χ4v) is 3.55. The number of nitrogens with zero attached hydrogens (tertiary/aromatic N) is 2. The van der Waals surface area contributed by atoms with Gasteiger partial charge in [-0.05, 0) is 52.2 Å². The van der Waals surface area contributed by atoms with Gasteiger partial charge in [0.15, 0.2) is 5.60 Å². The third kappa shape index (κ3) is 3.27. The van der Waals surface area contributed by atoms with E-state index in [0.29, 0.717) is 18.9 Å². The standard InChI is InChI=1S/C19H29BN2O5/c1-13-10-24-7-6-22(13)16-9-14(8-15(21-16)19(23)11-25-12-19)20-26-17(2,3)18(4,5)27-20/h8-9,13,23H,6-7,10-12H2,1-5H3/t13-/m1/s1. The molecule has 1 aromatic rings. The monoisotopic (exact) mass is 376 g/mol. The second-order valence-corrected chi connectivity index (χ2v) is 8.87. The van der Waals surface area contributed by atoms with Crippen molar-refractivity contribution in [3.8, 4) is 0 Å². The van der Waals surface area contributed by atoms with E-state index in [2.05, 4.69) is 11.8 Å². The maximum absolute atomic E-state index is 10.8. The van der Waals surface area contributed by atoms with Crippen LogP contribution in [0.15, 0.2) is 12.1 Å². The largest absolute Gasteiger partial charge is 0.495 e. The number of morpholine rings is 1. The Balaban J connectivity index is 1.73. The molecule has 4 heterocycles. The summed E-state index contributed by atoms with van der Waals surface area (Å²) in [5.74, 6) is 0.813. The average molecular weight is 376 g/mol. The zero-order valence-corrected chi connectivity index (χ0v) is 16.8. The third-order valence-corrected chi connectivity index (χ3v) is 6.18. The molecule has 1 N–H and O–H groups in total. The summed E-state index contributed by atoms with van der Waals surface area (Å²) in [5.41, 5.74) is -0.430. The molecule has 148 valence electrons. The Morgan fingerprint density at radius 3 is 2.33 bits per heavy atom. The van der Waals surface area contributed by atoms with Crippen LogP contribution >= 0.6 is 0 Å². The van der Waals surface area contributed by atoms with Crippen LogP contribution in [0.25, 0.3) is 0 Å². The highest BCUT2D eigenvalue weighted by Crippen LogP contribution is 2.37. The van der Waals surface area contributed by atoms with Crippen LogP contribution in [0.5, 0.6) is 0 Å². The van der Waals surface area contributed by atoms with Gasteiger partial charge >= 0.3 is 7.12 Å². The minimum absolute atomic E-state index is 0.208. The third-order valence-electron chi connectivity index (χ3n) is 6.18. The van der Waals surface area contributed by atoms with Gasteiger partial charge < -0.3 is 28.8 Å². The topological polar surface area (TPSA) is 73.3 Å². The lowest BCUT2D eigenvalue weighted by Crippen LogP contribution is -2.50. The SMILES string of the molecule is C[C@@H]1COCCN1c1cc(B2OC(C)(C)C(C)(C)O2)cc(C2(O)COC2)n1. The highest BCUT2D eigenvalue weighted by atomic mass is 16.7. The van der Waals surface area contributed by atoms with Crippen molar-refractivity contribution in [2.45, 2.75) is 57.5 Å². The predicted octanol–water partition coefficient (Wildman–Crippen LogP) is 0.824. The van der Waals surface area contributed by atoms with Crippen LogP contribution in [0.1, 0.15) is 40.3 Å². The fourth-order valence-electron chi connectivity index (χ4n) is 3.55. The van der Waals surface area contributed by atoms with Crippen molar-refractivity contribution in [2.75, 3.05) is 37.9 Å². The number of anilines is 1. The smallest absolute Gasteiger partial charge is 0.399 e. The summed E-state index contributed by atoms with van der Waals surface area (Å²) in [5, 5.41) is 10.8. The Labute approximate surface area is 161 Å². The summed E-state index contributed by atoms with van der Waals surface area (Å²) in [6, 6.07) is 4.11. The Hall–Kier alpha value is -1.19. The summed E-state index contributed by atoms with van der Waals surface area (Å²) >= 11 is 0. The average Bonchev–Trinajstić information content (AvgIpc) is 2.80. The number of aromatic nitrogens is 1. The van der Waals surface area contributed by atoms with Crippen LogP contribution in [0.4, 0.5) is 5.82 Å². The normalized spacial score (nSPS) is 28.9. The van der Waals surface area contributed by atoms with Gasteiger partial charge in [-0.2, -0.15) is 0 Å². The molecule has 0 unspecified atom stereocenters. The van der Waals surface area contributed by atoms with Crippen LogP contribution in [-0.2, 0) is 24.4 Å². The summed E-state index contributed by atoms with van der Waals surface area (Å²) < 4.78 is 23.3. The first kappa shape index (κ1) is 19.1. The fraction of sp³-hybridized carbons (Fsp3) is 0.737. The van der Waals surface area contributed by atoms with Gasteiger partial charge in [-0.1, -0.05) is 0 Å². The number of pyridine rings is 1. The molecule has 0 radical (unpaired) electrons. The summed E-state index contributed by atoms with van der Waals surface area (Å²) in [7, 11) is -0.503. The van der Waals surface area contributed by atoms with Crippen molar-refractivity contribution < 1.29 is 23.9 Å². The van der Waals surface area contributed by atoms with Gasteiger partial charge in [-0.25, -0.2) is 4.98 Å². The molecule has 1 atom stereocenters. The van der Waals surface area contributed by atoms with E-state index in [4.69, 9.17) is 23.8 Å². The lowest BCUT2D eigenvalue weighted by molar-refractivity contribution is -0.186. The predicted molar refractivity (Wildman–Crippen MR) is 102 cm³/mol. The van der Waals surface area contributed by atoms with E-state index in [1.54, 1.807) is 0 Å². The molecule has 3 saturated heterocycles. The number of ether oxygens (including phenoxy) is 2. The number of aliphatic hydroxyl groups is 1. The lowest BCUT2D eigenvalue weighted by Gasteiger charge is -2.38. The molecule has 3 aliphatic heterocycles. The van der Waals surface area contributed by atoms with Crippen molar-refractivity contribution in [3.05, 3.63) is 17.8 Å². The molecule has 0 aliphatic carbocycles. The van der Waals surface area contributed by atoms with Gasteiger partial charge in [-0.15, -0.1) is 0 Å². The van der Waals surface area contributed by atoms with Gasteiger partial charge in [0.25, 0.3) is 0 Å². The van der Waals surface area contributed by atoms with E-state index in [1.165, 1.54) is 0 Å². The number of hydrogen-bond acceptors (Lipinski definition) is 7. The molecule has 8 heteroatoms. The minimum atomic E-state index is -1.05. The van der Waals surface area contributed by atoms with Crippen LogP contribution in [0, 0.1) is 0 Å². The van der Waals surface area contributed by atoms with Gasteiger partial charge in [0.05, 0.1) is 49.4 Å². The summed E-state index contributed by atoms with van der Waals surface area (Å²) in [6.45, 7) is 12.8. The zero-order valence-electron chi connectivity index (χ0n) is 16.8. The van der Waals surface area contributed by atoms with Gasteiger partial charge in [-0.3, -0.25) is 0 Å². The van der Waals surface area contributed by atoms with Crippen LogP contribution in [0.2, 0.25) is 0 Å². The Morgan fingerprint density at radius 2 is 1.78 bits per heavy atom. The molecule has 4 rings (SSSR count). The van der Waals surface area contributed by atoms with E-state index >= 15 is 0 Å². The van der Waals surface area contributed by atoms with E-state index < -0.39 is 23.9 Å². The highest BCUT2D eigenvalue weighted by Gasteiger charge is 2.52. The lowest BCUT2D eigenvalue weighted by atomic mass is 9.77. The van der Waals surface area contributed by atoms with Gasteiger partial charge in [0, 0.05) is 6.54 Å². The number of hydrogen-bond donors (Lipinski definition) is 1. The quantitative estimate of drug-likeness (QED) is 0.784. The Bertz CT molecular complexity index is 706. The maximum Gasteiger partial charge on any atom is 0.495 e. The van der Waals surface area contributed by atoms with E-state index in [1.807, 2.05) is 39.8 Å². The Kier molecular flexibility index (Phi) is 4.55. The Morgan fingerprint density at radius 1 is 1.11 bits per heavy atom. The zero-order chi connectivity index (χ0) is 19.4. The molecular weight excluding hydrogens is 347 g/mol. The molecular formula is C19H29BN2O5. The van der Waals surface area contributed by atoms with Crippen molar-refractivity contribution in [1.82, 2.24) is 4.98 Å². The first-order chi connectivity index (χ1) is 12.6. The molecule has 3 aliphatic rings. The van der Waals surface area contributed by atoms with Crippen LogP contribution < -0.4 is 10.4 Å². The van der Waals surface area contributed by atoms with Crippen molar-refractivity contribution in [2.24, 2.45) is 0 Å². The second kappa shape index (κ2) is 6.42. The van der Waals surface area contributed by atoms with E-state index in [-0.39, 0.29) is 19.3 Å². The molecule has 0 spiro atoms. The van der Waals surface area contributed by atoms with E-state index in [9.17, 15) is 5.11 Å². The van der Waals surface area contributed by atoms with Crippen LogP contribution in [0.3, 0.4) is 0 Å². The molecule has 7 nitrogen and oxygen atoms in total. The summed E-state index contributed by atoms with van der Waals surface area (Å²) in [4.78, 5) is 6.99. The first-order valence-corrected chi connectivity index (χ1v) is 9.64. The van der Waals surface area contributed by atoms with E-state index in [0.717, 1.165) is 17.8 Å². The highest BCUT2D eigenvalue weighted by molar-refractivity contribution is 6.62. The van der Waals surface area contributed by atoms with Crippen LogP contribution in [-0.4, -0.2) is 67.4 Å². The molecule has 1 aromatic heterocycles. The summed E-state index contributed by atoms with van der Waals surface area (Å²) in [6.07, 6.45) is 0. The maximum atomic E-state index is 10.8.